The van der Waals surface area contributed by atoms with Crippen LogP contribution in [0.15, 0.2) is 15.7 Å². The van der Waals surface area contributed by atoms with E-state index >= 15 is 0 Å². The number of carbonyl (C=O) groups is 3. The van der Waals surface area contributed by atoms with E-state index in [2.05, 4.69) is 10.3 Å². The third kappa shape index (κ3) is 5.72. The van der Waals surface area contributed by atoms with Gasteiger partial charge in [0.1, 0.15) is 6.04 Å². The van der Waals surface area contributed by atoms with E-state index in [1.807, 2.05) is 4.98 Å². The van der Waals surface area contributed by atoms with Crippen molar-refractivity contribution >= 4 is 17.8 Å². The molecule has 21 heavy (non-hydrogen) atoms. The molecule has 1 rings (SSSR count). The van der Waals surface area contributed by atoms with Crippen molar-refractivity contribution in [3.63, 3.8) is 0 Å². The van der Waals surface area contributed by atoms with Gasteiger partial charge in [-0.1, -0.05) is 0 Å². The van der Waals surface area contributed by atoms with Gasteiger partial charge >= 0.3 is 17.6 Å². The van der Waals surface area contributed by atoms with Crippen molar-refractivity contribution in [1.82, 2.24) is 15.3 Å². The molecule has 0 radical (unpaired) electrons. The van der Waals surface area contributed by atoms with Gasteiger partial charge in [-0.25, -0.2) is 9.59 Å². The number of carboxylic acid groups (broad SMARTS) is 2. The molecule has 0 aliphatic rings. The third-order valence-corrected chi connectivity index (χ3v) is 2.45. The molecule has 5 N–H and O–H groups in total. The first-order chi connectivity index (χ1) is 9.77. The number of amides is 1. The van der Waals surface area contributed by atoms with Crippen LogP contribution in [0.1, 0.15) is 18.5 Å². The van der Waals surface area contributed by atoms with Crippen molar-refractivity contribution in [3.8, 4) is 0 Å². The van der Waals surface area contributed by atoms with E-state index in [1.165, 1.54) is 0 Å². The maximum Gasteiger partial charge on any atom is 0.326 e. The summed E-state index contributed by atoms with van der Waals surface area (Å²) in [5.41, 5.74) is -1.46. The zero-order chi connectivity index (χ0) is 16.0. The fraction of sp³-hybridized carbons (Fsp3) is 0.364. The highest BCUT2D eigenvalue weighted by atomic mass is 16.4. The summed E-state index contributed by atoms with van der Waals surface area (Å²) in [6.07, 6.45) is -1.10. The fourth-order valence-corrected chi connectivity index (χ4v) is 1.56. The zero-order valence-electron chi connectivity index (χ0n) is 10.7. The molecule has 0 spiro atoms. The summed E-state index contributed by atoms with van der Waals surface area (Å²) >= 11 is 0. The molecule has 10 heteroatoms. The number of carbonyl (C=O) groups excluding carboxylic acids is 1. The zero-order valence-corrected chi connectivity index (χ0v) is 10.7. The van der Waals surface area contributed by atoms with Crippen LogP contribution in [0.5, 0.6) is 0 Å². The Balaban J connectivity index is 2.69. The molecule has 0 bridgehead atoms. The molecule has 1 atom stereocenters. The number of aliphatic carboxylic acids is 2. The fourth-order valence-electron chi connectivity index (χ4n) is 1.56. The van der Waals surface area contributed by atoms with Gasteiger partial charge in [-0.15, -0.1) is 0 Å². The topological polar surface area (TPSA) is 169 Å². The van der Waals surface area contributed by atoms with Crippen LogP contribution in [-0.4, -0.2) is 44.1 Å². The average Bonchev–Trinajstić information content (AvgIpc) is 2.32. The van der Waals surface area contributed by atoms with Gasteiger partial charge in [-0.3, -0.25) is 19.4 Å². The monoisotopic (exact) mass is 299 g/mol. The molecule has 0 saturated carbocycles. The van der Waals surface area contributed by atoms with Crippen LogP contribution in [0.4, 0.5) is 0 Å². The minimum absolute atomic E-state index is 0.0172. The summed E-state index contributed by atoms with van der Waals surface area (Å²) in [5.74, 6) is -3.31. The molecule has 0 fully saturated rings. The number of aromatic amines is 2. The van der Waals surface area contributed by atoms with Crippen LogP contribution in [0, 0.1) is 0 Å². The number of hydrogen-bond donors (Lipinski definition) is 5. The first kappa shape index (κ1) is 16.1. The Kier molecular flexibility index (Phi) is 5.40. The molecule has 1 aromatic rings. The van der Waals surface area contributed by atoms with Crippen molar-refractivity contribution in [3.05, 3.63) is 32.6 Å². The van der Waals surface area contributed by atoms with Crippen molar-refractivity contribution < 1.29 is 24.6 Å². The van der Waals surface area contributed by atoms with E-state index in [9.17, 15) is 24.0 Å². The van der Waals surface area contributed by atoms with E-state index in [0.717, 1.165) is 6.07 Å². The number of nitrogens with one attached hydrogen (secondary N) is 3. The summed E-state index contributed by atoms with van der Waals surface area (Å²) in [4.78, 5) is 59.1. The van der Waals surface area contributed by atoms with E-state index in [4.69, 9.17) is 10.2 Å². The van der Waals surface area contributed by atoms with Crippen LogP contribution in [-0.2, 0) is 20.8 Å². The molecule has 114 valence electrons. The number of carboxylic acids is 2. The number of rotatable bonds is 7. The molecular formula is C11H13N3O7. The molecule has 0 unspecified atom stereocenters. The van der Waals surface area contributed by atoms with Gasteiger partial charge in [-0.05, 0) is 6.42 Å². The summed E-state index contributed by atoms with van der Waals surface area (Å²) < 4.78 is 0. The van der Waals surface area contributed by atoms with Crippen LogP contribution in [0.3, 0.4) is 0 Å². The Morgan fingerprint density at radius 3 is 2.38 bits per heavy atom. The summed E-state index contributed by atoms with van der Waals surface area (Å²) in [7, 11) is 0. The van der Waals surface area contributed by atoms with Crippen molar-refractivity contribution in [1.29, 1.82) is 0 Å². The highest BCUT2D eigenvalue weighted by molar-refractivity contribution is 5.84. The minimum atomic E-state index is -1.37. The Morgan fingerprint density at radius 1 is 1.19 bits per heavy atom. The molecule has 0 aliphatic carbocycles. The van der Waals surface area contributed by atoms with Crippen molar-refractivity contribution in [2.75, 3.05) is 0 Å². The number of aromatic nitrogens is 2. The van der Waals surface area contributed by atoms with E-state index < -0.39 is 48.0 Å². The smallest absolute Gasteiger partial charge is 0.326 e. The maximum absolute atomic E-state index is 11.6. The maximum atomic E-state index is 11.6. The van der Waals surface area contributed by atoms with Crippen LogP contribution < -0.4 is 16.6 Å². The van der Waals surface area contributed by atoms with E-state index in [-0.39, 0.29) is 12.1 Å². The lowest BCUT2D eigenvalue weighted by Crippen LogP contribution is -2.42. The molecule has 10 nitrogen and oxygen atoms in total. The Bertz CT molecular complexity index is 632. The molecular weight excluding hydrogens is 286 g/mol. The van der Waals surface area contributed by atoms with Gasteiger partial charge in [0.2, 0.25) is 5.91 Å². The van der Waals surface area contributed by atoms with E-state index in [0.29, 0.717) is 0 Å². The van der Waals surface area contributed by atoms with Gasteiger partial charge in [0.05, 0.1) is 6.42 Å². The SMILES string of the molecule is O=C(O)CC[C@H](NC(=O)Cc1cc(=O)[nH]c(=O)[nH]1)C(=O)O. The Labute approximate surface area is 116 Å². The highest BCUT2D eigenvalue weighted by Gasteiger charge is 2.21. The normalized spacial score (nSPS) is 11.6. The second kappa shape index (κ2) is 7.03. The van der Waals surface area contributed by atoms with Crippen LogP contribution in [0.2, 0.25) is 0 Å². The predicted octanol–water partition coefficient (Wildman–Crippen LogP) is -1.96. The van der Waals surface area contributed by atoms with Crippen molar-refractivity contribution in [2.24, 2.45) is 0 Å². The summed E-state index contributed by atoms with van der Waals surface area (Å²) in [5, 5.41) is 19.5. The minimum Gasteiger partial charge on any atom is -0.481 e. The highest BCUT2D eigenvalue weighted by Crippen LogP contribution is 1.99. The van der Waals surface area contributed by atoms with Crippen LogP contribution >= 0.6 is 0 Å². The van der Waals surface area contributed by atoms with Crippen LogP contribution in [0.25, 0.3) is 0 Å². The summed E-state index contributed by atoms with van der Waals surface area (Å²) in [6, 6.07) is -0.365. The second-order valence-corrected chi connectivity index (χ2v) is 4.18. The first-order valence-corrected chi connectivity index (χ1v) is 5.84. The molecule has 1 aromatic heterocycles. The third-order valence-electron chi connectivity index (χ3n) is 2.45. The lowest BCUT2D eigenvalue weighted by molar-refractivity contribution is -0.143. The summed E-state index contributed by atoms with van der Waals surface area (Å²) in [6.45, 7) is 0. The lowest BCUT2D eigenvalue weighted by atomic mass is 10.1. The second-order valence-electron chi connectivity index (χ2n) is 4.18. The first-order valence-electron chi connectivity index (χ1n) is 5.84. The molecule has 0 saturated heterocycles. The van der Waals surface area contributed by atoms with Gasteiger partial charge in [-0.2, -0.15) is 0 Å². The molecule has 1 amide bonds. The number of hydrogen-bond acceptors (Lipinski definition) is 5. The lowest BCUT2D eigenvalue weighted by Gasteiger charge is -2.13. The van der Waals surface area contributed by atoms with Gasteiger partial charge in [0.25, 0.3) is 5.56 Å². The predicted molar refractivity (Wildman–Crippen MR) is 67.8 cm³/mol. The number of H-pyrrole nitrogens is 2. The van der Waals surface area contributed by atoms with Gasteiger partial charge < -0.3 is 20.5 Å². The van der Waals surface area contributed by atoms with Gasteiger partial charge in [0.15, 0.2) is 0 Å². The Hall–Kier alpha value is -2.91. The largest absolute Gasteiger partial charge is 0.481 e. The Morgan fingerprint density at radius 2 is 1.86 bits per heavy atom. The molecule has 0 aliphatic heterocycles. The standard InChI is InChI=1S/C11H13N3O7/c15-7(3-5-4-8(16)14-11(21)12-5)13-6(10(19)20)1-2-9(17)18/h4,6H,1-3H2,(H,13,15)(H,17,18)(H,19,20)(H2,12,14,16,21)/t6-/m0/s1. The van der Waals surface area contributed by atoms with E-state index in [1.54, 1.807) is 0 Å². The van der Waals surface area contributed by atoms with Crippen molar-refractivity contribution in [2.45, 2.75) is 25.3 Å². The molecule has 1 heterocycles. The van der Waals surface area contributed by atoms with Gasteiger partial charge in [0, 0.05) is 18.2 Å². The molecule has 0 aromatic carbocycles. The quantitative estimate of drug-likeness (QED) is 0.389. The average molecular weight is 299 g/mol.